The molecule has 0 heterocycles. The summed E-state index contributed by atoms with van der Waals surface area (Å²) in [5.41, 5.74) is 2.74. The molecule has 3 aromatic carbocycles. The monoisotopic (exact) mass is 477 g/mol. The van der Waals surface area contributed by atoms with E-state index < -0.39 is 11.9 Å². The Labute approximate surface area is 186 Å². The van der Waals surface area contributed by atoms with Crippen LogP contribution < -0.4 is 4.74 Å². The van der Waals surface area contributed by atoms with Gasteiger partial charge in [0.15, 0.2) is 0 Å². The fourth-order valence-corrected chi connectivity index (χ4v) is 3.18. The lowest BCUT2D eigenvalue weighted by molar-refractivity contribution is 0.0686. The summed E-state index contributed by atoms with van der Waals surface area (Å²) in [5, 5.41) is 27.7. The van der Waals surface area contributed by atoms with Crippen LogP contribution >= 0.6 is 15.9 Å². The highest BCUT2D eigenvalue weighted by atomic mass is 79.9. The van der Waals surface area contributed by atoms with Gasteiger partial charge >= 0.3 is 11.9 Å². The minimum atomic E-state index is -1.03. The van der Waals surface area contributed by atoms with E-state index in [1.807, 2.05) is 12.1 Å². The number of allylic oxidation sites excluding steroid dienone is 1. The summed E-state index contributed by atoms with van der Waals surface area (Å²) in [4.78, 5) is 22.0. The second-order valence-electron chi connectivity index (χ2n) is 6.53. The van der Waals surface area contributed by atoms with Crippen LogP contribution in [-0.2, 0) is 6.61 Å². The molecule has 6 nitrogen and oxygen atoms in total. The van der Waals surface area contributed by atoms with E-state index in [2.05, 4.69) is 22.0 Å². The van der Waals surface area contributed by atoms with E-state index in [4.69, 9.17) is 14.9 Å². The smallest absolute Gasteiger partial charge is 0.335 e. The predicted octanol–water partition coefficient (Wildman–Crippen LogP) is 5.49. The highest BCUT2D eigenvalue weighted by Crippen LogP contribution is 2.28. The highest BCUT2D eigenvalue weighted by Gasteiger charge is 2.09. The van der Waals surface area contributed by atoms with E-state index >= 15 is 0 Å². The fourth-order valence-electron chi connectivity index (χ4n) is 2.80. The maximum atomic E-state index is 11.0. The van der Waals surface area contributed by atoms with Gasteiger partial charge in [0.05, 0.1) is 22.8 Å². The zero-order valence-corrected chi connectivity index (χ0v) is 17.7. The maximum Gasteiger partial charge on any atom is 0.335 e. The molecule has 0 fully saturated rings. The van der Waals surface area contributed by atoms with E-state index in [0.717, 1.165) is 10.0 Å². The van der Waals surface area contributed by atoms with Crippen molar-refractivity contribution in [2.45, 2.75) is 6.61 Å². The number of hydrogen-bond donors (Lipinski definition) is 2. The maximum absolute atomic E-state index is 11.0. The molecule has 7 heteroatoms. The Balaban J connectivity index is 1.86. The number of carboxylic acids is 2. The van der Waals surface area contributed by atoms with Crippen LogP contribution in [0, 0.1) is 11.3 Å². The lowest BCUT2D eigenvalue weighted by atomic mass is 10.0. The summed E-state index contributed by atoms with van der Waals surface area (Å²) >= 11 is 3.42. The molecule has 0 aliphatic heterocycles. The van der Waals surface area contributed by atoms with Crippen molar-refractivity contribution >= 4 is 39.5 Å². The highest BCUT2D eigenvalue weighted by molar-refractivity contribution is 9.10. The van der Waals surface area contributed by atoms with Crippen LogP contribution in [-0.4, -0.2) is 22.2 Å². The fraction of sp³-hybridized carbons (Fsp3) is 0.0417. The molecule has 0 bridgehead atoms. The summed E-state index contributed by atoms with van der Waals surface area (Å²) in [6.45, 7) is 0.220. The molecule has 154 valence electrons. The number of rotatable bonds is 7. The molecule has 0 aromatic heterocycles. The Kier molecular flexibility index (Phi) is 6.85. The number of hydrogen-bond acceptors (Lipinski definition) is 4. The molecule has 0 saturated heterocycles. The molecule has 0 amide bonds. The van der Waals surface area contributed by atoms with Crippen LogP contribution in [0.15, 0.2) is 71.2 Å². The first-order valence-corrected chi connectivity index (χ1v) is 9.87. The van der Waals surface area contributed by atoms with Gasteiger partial charge in [0.2, 0.25) is 0 Å². The molecule has 0 aliphatic carbocycles. The Morgan fingerprint density at radius 3 is 2.00 bits per heavy atom. The van der Waals surface area contributed by atoms with Gasteiger partial charge in [0.25, 0.3) is 0 Å². The first-order valence-electron chi connectivity index (χ1n) is 9.07. The Hall–Kier alpha value is -3.89. The van der Waals surface area contributed by atoms with Crippen molar-refractivity contribution in [3.05, 3.63) is 99.0 Å². The van der Waals surface area contributed by atoms with Gasteiger partial charge in [-0.2, -0.15) is 5.26 Å². The second kappa shape index (κ2) is 9.74. The lowest BCUT2D eigenvalue weighted by Gasteiger charge is -2.11. The molecule has 0 saturated carbocycles. The molecule has 0 spiro atoms. The SMILES string of the molecule is N#C/C(=C/c1cc(Br)ccc1OCc1ccc(C(=O)O)cc1)c1ccc(C(=O)O)cc1. The molecule has 3 aromatic rings. The molecule has 0 atom stereocenters. The summed E-state index contributed by atoms with van der Waals surface area (Å²) in [7, 11) is 0. The van der Waals surface area contributed by atoms with Gasteiger partial charge in [-0.25, -0.2) is 9.59 Å². The third-order valence-electron chi connectivity index (χ3n) is 4.43. The van der Waals surface area contributed by atoms with E-state index in [1.165, 1.54) is 24.3 Å². The number of benzene rings is 3. The predicted molar refractivity (Wildman–Crippen MR) is 119 cm³/mol. The first-order chi connectivity index (χ1) is 14.9. The molecule has 3 rings (SSSR count). The molecule has 0 radical (unpaired) electrons. The van der Waals surface area contributed by atoms with Crippen molar-refractivity contribution in [3.8, 4) is 11.8 Å². The van der Waals surface area contributed by atoms with Gasteiger partial charge in [0.1, 0.15) is 12.4 Å². The molecular weight excluding hydrogens is 462 g/mol. The van der Waals surface area contributed by atoms with Crippen LogP contribution in [0.4, 0.5) is 0 Å². The van der Waals surface area contributed by atoms with Crippen molar-refractivity contribution in [2.24, 2.45) is 0 Å². The van der Waals surface area contributed by atoms with E-state index in [0.29, 0.717) is 22.4 Å². The van der Waals surface area contributed by atoms with Crippen molar-refractivity contribution in [2.75, 3.05) is 0 Å². The molecule has 2 N–H and O–H groups in total. The number of ether oxygens (including phenoxy) is 1. The summed E-state index contributed by atoms with van der Waals surface area (Å²) in [6, 6.07) is 20.0. The van der Waals surface area contributed by atoms with Crippen molar-refractivity contribution in [3.63, 3.8) is 0 Å². The van der Waals surface area contributed by atoms with Gasteiger partial charge in [-0.15, -0.1) is 0 Å². The standard InChI is InChI=1S/C24H16BrNO5/c25-21-9-10-22(31-14-15-1-3-17(4-2-15)23(27)28)19(12-21)11-20(13-26)16-5-7-18(8-6-16)24(29)30/h1-12H,14H2,(H,27,28)(H,29,30)/b20-11-. The van der Waals surface area contributed by atoms with Gasteiger partial charge in [-0.3, -0.25) is 0 Å². The van der Waals surface area contributed by atoms with Gasteiger partial charge in [-0.05, 0) is 59.7 Å². The average molecular weight is 478 g/mol. The largest absolute Gasteiger partial charge is 0.488 e. The summed E-state index contributed by atoms with van der Waals surface area (Å²) in [6.07, 6.45) is 1.67. The lowest BCUT2D eigenvalue weighted by Crippen LogP contribution is -2.00. The second-order valence-corrected chi connectivity index (χ2v) is 7.44. The van der Waals surface area contributed by atoms with Gasteiger partial charge in [-0.1, -0.05) is 40.2 Å². The van der Waals surface area contributed by atoms with Crippen LogP contribution in [0.2, 0.25) is 0 Å². The van der Waals surface area contributed by atoms with Crippen LogP contribution in [0.5, 0.6) is 5.75 Å². The van der Waals surface area contributed by atoms with E-state index in [-0.39, 0.29) is 17.7 Å². The van der Waals surface area contributed by atoms with Gasteiger partial charge in [0, 0.05) is 10.0 Å². The number of carbonyl (C=O) groups is 2. The average Bonchev–Trinajstić information content (AvgIpc) is 2.77. The van der Waals surface area contributed by atoms with Crippen LogP contribution in [0.25, 0.3) is 11.6 Å². The van der Waals surface area contributed by atoms with Crippen LogP contribution in [0.3, 0.4) is 0 Å². The molecule has 0 unspecified atom stereocenters. The first kappa shape index (κ1) is 21.8. The van der Waals surface area contributed by atoms with E-state index in [9.17, 15) is 14.9 Å². The minimum Gasteiger partial charge on any atom is -0.488 e. The summed E-state index contributed by atoms with van der Waals surface area (Å²) in [5.74, 6) is -1.48. The molecule has 0 aliphatic rings. The number of carboxylic acid groups (broad SMARTS) is 2. The number of nitrogens with zero attached hydrogens (tertiary/aromatic N) is 1. The third kappa shape index (κ3) is 5.59. The molecular formula is C24H16BrNO5. The minimum absolute atomic E-state index is 0.140. The zero-order valence-electron chi connectivity index (χ0n) is 16.1. The van der Waals surface area contributed by atoms with Crippen molar-refractivity contribution in [1.29, 1.82) is 5.26 Å². The normalized spacial score (nSPS) is 10.9. The molecule has 31 heavy (non-hydrogen) atoms. The van der Waals surface area contributed by atoms with E-state index in [1.54, 1.807) is 36.4 Å². The summed E-state index contributed by atoms with van der Waals surface area (Å²) < 4.78 is 6.71. The van der Waals surface area contributed by atoms with Crippen molar-refractivity contribution in [1.82, 2.24) is 0 Å². The van der Waals surface area contributed by atoms with Gasteiger partial charge < -0.3 is 14.9 Å². The topological polar surface area (TPSA) is 108 Å². The van der Waals surface area contributed by atoms with Crippen LogP contribution in [0.1, 0.15) is 37.4 Å². The Morgan fingerprint density at radius 2 is 1.45 bits per heavy atom. The third-order valence-corrected chi connectivity index (χ3v) is 4.92. The number of halogens is 1. The Bertz CT molecular complexity index is 1190. The number of aromatic carboxylic acids is 2. The Morgan fingerprint density at radius 1 is 0.903 bits per heavy atom. The van der Waals surface area contributed by atoms with Crippen molar-refractivity contribution < 1.29 is 24.5 Å². The number of nitriles is 1. The zero-order chi connectivity index (χ0) is 22.4. The quantitative estimate of drug-likeness (QED) is 0.344.